The third-order valence-electron chi connectivity index (χ3n) is 2.25. The summed E-state index contributed by atoms with van der Waals surface area (Å²) < 4.78 is 18.4. The van der Waals surface area contributed by atoms with Crippen LogP contribution >= 0.6 is 0 Å². The minimum Gasteiger partial charge on any atom is -0.522 e. The van der Waals surface area contributed by atoms with Crippen molar-refractivity contribution < 1.29 is 49.6 Å². The van der Waals surface area contributed by atoms with Crippen molar-refractivity contribution in [2.45, 2.75) is 56.4 Å². The monoisotopic (exact) mass is 622 g/mol. The number of hydrogen-bond acceptors (Lipinski definition) is 6. The summed E-state index contributed by atoms with van der Waals surface area (Å²) >= 11 is 0. The Kier molecular flexibility index (Phi) is 49.4. The second kappa shape index (κ2) is 36.2. The van der Waals surface area contributed by atoms with Crippen molar-refractivity contribution in [2.75, 3.05) is 21.0 Å². The Bertz CT molecular complexity index is 592. The van der Waals surface area contributed by atoms with Gasteiger partial charge >= 0.3 is 33.0 Å². The van der Waals surface area contributed by atoms with Crippen LogP contribution in [0.3, 0.4) is 0 Å². The predicted molar refractivity (Wildman–Crippen MR) is 128 cm³/mol. The summed E-state index contributed by atoms with van der Waals surface area (Å²) in [4.78, 5) is 20.3. The number of esters is 2. The van der Waals surface area contributed by atoms with E-state index in [0.717, 1.165) is 5.75 Å². The molecule has 0 amide bonds. The number of ether oxygens (including phenoxy) is 4. The number of benzene rings is 2. The summed E-state index contributed by atoms with van der Waals surface area (Å²) in [5.41, 5.74) is 0. The van der Waals surface area contributed by atoms with Crippen LogP contribution in [0, 0.1) is 12.1 Å². The zero-order valence-electron chi connectivity index (χ0n) is 19.2. The molecule has 32 heavy (non-hydrogen) atoms. The van der Waals surface area contributed by atoms with Crippen molar-refractivity contribution in [1.82, 2.24) is 0 Å². The number of carbonyl (C=O) groups is 2. The Labute approximate surface area is 210 Å². The molecule has 2 rings (SSSR count). The van der Waals surface area contributed by atoms with Gasteiger partial charge in [0.05, 0.1) is 7.11 Å². The van der Waals surface area contributed by atoms with Crippen LogP contribution in [0.5, 0.6) is 11.5 Å². The average molecular weight is 622 g/mol. The Morgan fingerprint density at radius 2 is 1.12 bits per heavy atom. The van der Waals surface area contributed by atoms with E-state index >= 15 is 0 Å². The van der Waals surface area contributed by atoms with Crippen molar-refractivity contribution in [1.29, 1.82) is 0 Å². The van der Waals surface area contributed by atoms with E-state index < -0.39 is 0 Å². The van der Waals surface area contributed by atoms with E-state index in [1.807, 2.05) is 52.0 Å². The van der Waals surface area contributed by atoms with Gasteiger partial charge in [0.15, 0.2) is 6.79 Å². The predicted octanol–water partition coefficient (Wildman–Crippen LogP) is 6.38. The largest absolute Gasteiger partial charge is 2.00 e. The second-order valence-electron chi connectivity index (χ2n) is 4.31. The van der Waals surface area contributed by atoms with Crippen LogP contribution in [0.1, 0.15) is 56.4 Å². The van der Waals surface area contributed by atoms with Crippen LogP contribution in [-0.2, 0) is 40.1 Å². The van der Waals surface area contributed by atoms with Crippen molar-refractivity contribution in [3.05, 3.63) is 60.7 Å². The van der Waals surface area contributed by atoms with Gasteiger partial charge in [0.25, 0.3) is 0 Å². The molecule has 0 atom stereocenters. The van der Waals surface area contributed by atoms with Crippen molar-refractivity contribution in [3.8, 4) is 11.5 Å². The Morgan fingerprint density at radius 1 is 0.750 bits per heavy atom. The average Bonchev–Trinajstić information content (AvgIpc) is 2.77. The fraction of sp³-hybridized carbons (Fsp3) is 0.440. The van der Waals surface area contributed by atoms with Crippen LogP contribution in [0.4, 0.5) is 0 Å². The van der Waals surface area contributed by atoms with Crippen LogP contribution in [0.25, 0.3) is 0 Å². The third-order valence-corrected chi connectivity index (χ3v) is 2.25. The van der Waals surface area contributed by atoms with Gasteiger partial charge in [-0.25, -0.2) is 0 Å². The van der Waals surface area contributed by atoms with Gasteiger partial charge < -0.3 is 18.9 Å². The molecule has 0 aliphatic rings. The van der Waals surface area contributed by atoms with E-state index in [0.29, 0.717) is 5.75 Å². The molecule has 2 aromatic rings. The van der Waals surface area contributed by atoms with Crippen LogP contribution in [0.15, 0.2) is 48.5 Å². The zero-order chi connectivity index (χ0) is 22.9. The first-order chi connectivity index (χ1) is 14.0. The van der Waals surface area contributed by atoms with Crippen LogP contribution in [0.2, 0.25) is 0 Å². The molecule has 0 N–H and O–H groups in total. The molecule has 0 bridgehead atoms. The summed E-state index contributed by atoms with van der Waals surface area (Å²) in [6.07, 6.45) is 0. The Balaban J connectivity index is -0.0000000711. The number of rotatable bonds is 4. The smallest absolute Gasteiger partial charge is 0.522 e. The molecule has 0 aliphatic heterocycles. The van der Waals surface area contributed by atoms with Crippen molar-refractivity contribution in [2.24, 2.45) is 0 Å². The molecular formula is C25H42O6W. The Morgan fingerprint density at radius 3 is 1.34 bits per heavy atom. The molecular weight excluding hydrogens is 580 g/mol. The molecule has 0 heterocycles. The summed E-state index contributed by atoms with van der Waals surface area (Å²) in [5, 5.41) is 0. The number of hydrogen-bond donors (Lipinski definition) is 0. The summed E-state index contributed by atoms with van der Waals surface area (Å²) in [6, 6.07) is 19.8. The molecule has 0 aliphatic carbocycles. The molecule has 7 heteroatoms. The van der Waals surface area contributed by atoms with Gasteiger partial charge in [-0.15, -0.1) is 24.3 Å². The molecule has 0 radical (unpaired) electrons. The van der Waals surface area contributed by atoms with Crippen LogP contribution in [-0.4, -0.2) is 33.0 Å². The van der Waals surface area contributed by atoms with E-state index in [9.17, 15) is 9.59 Å². The fourth-order valence-electron chi connectivity index (χ4n) is 1.26. The zero-order valence-corrected chi connectivity index (χ0v) is 22.1. The van der Waals surface area contributed by atoms with Crippen LogP contribution < -0.4 is 9.47 Å². The minimum absolute atomic E-state index is 0. The number of methoxy groups -OCH3 is 2. The van der Waals surface area contributed by atoms with E-state index in [-0.39, 0.29) is 54.7 Å². The third kappa shape index (κ3) is 35.3. The first-order valence-electron chi connectivity index (χ1n) is 9.26. The molecule has 0 saturated carbocycles. The van der Waals surface area contributed by atoms with Crippen molar-refractivity contribution in [3.63, 3.8) is 0 Å². The number of carbonyl (C=O) groups excluding carboxylic acids is 2. The van der Waals surface area contributed by atoms with Gasteiger partial charge in [0.2, 0.25) is 0 Å². The van der Waals surface area contributed by atoms with E-state index in [4.69, 9.17) is 9.47 Å². The fourth-order valence-corrected chi connectivity index (χ4v) is 1.26. The minimum atomic E-state index is -0.318. The first-order valence-corrected chi connectivity index (χ1v) is 9.26. The van der Waals surface area contributed by atoms with Gasteiger partial charge in [0.1, 0.15) is 0 Å². The molecule has 0 aromatic heterocycles. The second-order valence-corrected chi connectivity index (χ2v) is 4.31. The maximum atomic E-state index is 10.4. The van der Waals surface area contributed by atoms with Gasteiger partial charge in [-0.2, -0.15) is 36.4 Å². The molecule has 0 saturated heterocycles. The standard InChI is InChI=1S/C8H7O2.C7H7O.C4H8O3.2C2H6.2CH4.W/c1-7(9)10-8-5-3-2-4-6-8;1-8-7-5-3-2-4-6-7;1-4(5)7-3-6-2;2*1-2;;;/h3-6H,1H3;3-6H,1H3;3H2,1-2H3;2*1-2H3;2*1H4;/q2*-1;;;;;;+2. The van der Waals surface area contributed by atoms with Gasteiger partial charge in [-0.1, -0.05) is 42.5 Å². The summed E-state index contributed by atoms with van der Waals surface area (Å²) in [6.45, 7) is 10.8. The van der Waals surface area contributed by atoms with E-state index in [2.05, 4.69) is 21.6 Å². The Hall–Kier alpha value is -2.17. The molecule has 0 fully saturated rings. The summed E-state index contributed by atoms with van der Waals surface area (Å²) in [7, 11) is 3.11. The van der Waals surface area contributed by atoms with E-state index in [1.54, 1.807) is 31.4 Å². The summed E-state index contributed by atoms with van der Waals surface area (Å²) in [5.74, 6) is 0.822. The molecule has 0 unspecified atom stereocenters. The van der Waals surface area contributed by atoms with Gasteiger partial charge in [0, 0.05) is 32.5 Å². The quantitative estimate of drug-likeness (QED) is 0.171. The molecule has 0 spiro atoms. The molecule has 184 valence electrons. The van der Waals surface area contributed by atoms with Gasteiger partial charge in [-0.05, 0) is 0 Å². The maximum absolute atomic E-state index is 10.4. The van der Waals surface area contributed by atoms with Crippen molar-refractivity contribution >= 4 is 11.9 Å². The maximum Gasteiger partial charge on any atom is 2.00 e. The first kappa shape index (κ1) is 43.7. The SMILES string of the molecule is C.C.CC.CC.CC(=O)Oc1cc[c-]cc1.COCOC(C)=O.COc1cc[c-]cc1.[W+2]. The molecule has 2 aromatic carbocycles. The molecule has 6 nitrogen and oxygen atoms in total. The normalized spacial score (nSPS) is 7.12. The van der Waals surface area contributed by atoms with Gasteiger partial charge in [-0.3, -0.25) is 9.59 Å². The van der Waals surface area contributed by atoms with E-state index in [1.165, 1.54) is 21.0 Å². The topological polar surface area (TPSA) is 71.1 Å².